The number of ether oxygens (including phenoxy) is 1. The van der Waals surface area contributed by atoms with E-state index in [-0.39, 0.29) is 0 Å². The van der Waals surface area contributed by atoms with E-state index in [2.05, 4.69) is 17.9 Å². The number of rotatable bonds is 3. The van der Waals surface area contributed by atoms with Crippen molar-refractivity contribution >= 4 is 24.4 Å². The summed E-state index contributed by atoms with van der Waals surface area (Å²) in [7, 11) is 0. The Hall–Kier alpha value is -1.16. The van der Waals surface area contributed by atoms with E-state index in [4.69, 9.17) is 4.74 Å². The first-order valence-electron chi connectivity index (χ1n) is 5.60. The van der Waals surface area contributed by atoms with Gasteiger partial charge in [0.05, 0.1) is 0 Å². The van der Waals surface area contributed by atoms with Crippen LogP contribution in [0.2, 0.25) is 0 Å². The fourth-order valence-electron chi connectivity index (χ4n) is 1.36. The fourth-order valence-corrected chi connectivity index (χ4v) is 1.61. The molecule has 94 valence electrons. The molecule has 1 amide bonds. The van der Waals surface area contributed by atoms with Gasteiger partial charge in [-0.1, -0.05) is 12.1 Å². The zero-order valence-corrected chi connectivity index (χ0v) is 11.4. The molecule has 0 atom stereocenters. The first-order valence-corrected chi connectivity index (χ1v) is 6.24. The quantitative estimate of drug-likeness (QED) is 0.809. The molecule has 4 heteroatoms. The molecule has 1 rings (SSSR count). The molecule has 17 heavy (non-hydrogen) atoms. The average Bonchev–Trinajstić information content (AvgIpc) is 2.15. The number of benzene rings is 1. The number of nitrogens with one attached hydrogen (secondary N) is 1. The lowest BCUT2D eigenvalue weighted by molar-refractivity contribution is 0.0636. The summed E-state index contributed by atoms with van der Waals surface area (Å²) < 4.78 is 5.18. The van der Waals surface area contributed by atoms with E-state index in [1.807, 2.05) is 45.0 Å². The molecule has 0 saturated carbocycles. The zero-order chi connectivity index (χ0) is 12.9. The van der Waals surface area contributed by atoms with E-state index in [0.29, 0.717) is 0 Å². The highest BCUT2D eigenvalue weighted by molar-refractivity contribution is 7.80. The normalized spacial score (nSPS) is 11.1. The Balaban J connectivity index is 2.62. The third-order valence-electron chi connectivity index (χ3n) is 1.97. The van der Waals surface area contributed by atoms with Crippen molar-refractivity contribution in [3.05, 3.63) is 29.8 Å². The topological polar surface area (TPSA) is 38.3 Å². The molecular weight excluding hydrogens is 234 g/mol. The second kappa shape index (κ2) is 5.96. The fraction of sp³-hybridized carbons (Fsp3) is 0.462. The number of anilines is 1. The molecule has 1 aromatic rings. The van der Waals surface area contributed by atoms with Crippen molar-refractivity contribution in [2.24, 2.45) is 0 Å². The maximum Gasteiger partial charge on any atom is 0.412 e. The van der Waals surface area contributed by atoms with Gasteiger partial charge < -0.3 is 4.74 Å². The molecule has 1 aromatic carbocycles. The molecule has 0 aliphatic heterocycles. The minimum Gasteiger partial charge on any atom is -0.444 e. The summed E-state index contributed by atoms with van der Waals surface area (Å²) in [5.41, 5.74) is 1.42. The highest BCUT2D eigenvalue weighted by Gasteiger charge is 2.16. The number of hydrogen-bond acceptors (Lipinski definition) is 3. The number of amides is 1. The molecule has 0 aromatic heterocycles. The van der Waals surface area contributed by atoms with Crippen LogP contribution in [0.3, 0.4) is 0 Å². The standard InChI is InChI=1S/C13H19NO2S/c1-13(2,3)16-12(15)14-11-6-4-5-10(9-11)7-8-17/h4-6,9,17H,7-8H2,1-3H3,(H,14,15). The lowest BCUT2D eigenvalue weighted by atomic mass is 10.1. The zero-order valence-electron chi connectivity index (χ0n) is 10.5. The first-order chi connectivity index (χ1) is 7.90. The van der Waals surface area contributed by atoms with Gasteiger partial charge in [-0.3, -0.25) is 5.32 Å². The van der Waals surface area contributed by atoms with Crippen molar-refractivity contribution < 1.29 is 9.53 Å². The minimum absolute atomic E-state index is 0.430. The van der Waals surface area contributed by atoms with Crippen molar-refractivity contribution in [3.63, 3.8) is 0 Å². The van der Waals surface area contributed by atoms with E-state index in [1.165, 1.54) is 0 Å². The van der Waals surface area contributed by atoms with Crippen LogP contribution < -0.4 is 5.32 Å². The van der Waals surface area contributed by atoms with Crippen LogP contribution in [0.4, 0.5) is 10.5 Å². The maximum atomic E-state index is 11.5. The Kier molecular flexibility index (Phi) is 4.87. The van der Waals surface area contributed by atoms with Crippen LogP contribution in [0.5, 0.6) is 0 Å². The number of carbonyl (C=O) groups excluding carboxylic acids is 1. The van der Waals surface area contributed by atoms with Gasteiger partial charge in [-0.25, -0.2) is 4.79 Å². The monoisotopic (exact) mass is 253 g/mol. The maximum absolute atomic E-state index is 11.5. The van der Waals surface area contributed by atoms with Gasteiger partial charge in [-0.15, -0.1) is 0 Å². The Labute approximate surface area is 108 Å². The number of carbonyl (C=O) groups is 1. The van der Waals surface area contributed by atoms with Crippen LogP contribution in [-0.2, 0) is 11.2 Å². The smallest absolute Gasteiger partial charge is 0.412 e. The van der Waals surface area contributed by atoms with E-state index in [0.717, 1.165) is 23.4 Å². The van der Waals surface area contributed by atoms with Crippen LogP contribution in [0.25, 0.3) is 0 Å². The molecule has 0 radical (unpaired) electrons. The summed E-state index contributed by atoms with van der Waals surface area (Å²) in [5.74, 6) is 0.788. The molecule has 3 nitrogen and oxygen atoms in total. The summed E-state index contributed by atoms with van der Waals surface area (Å²) in [4.78, 5) is 11.5. The molecule has 1 N–H and O–H groups in total. The predicted molar refractivity (Wildman–Crippen MR) is 73.9 cm³/mol. The molecule has 0 unspecified atom stereocenters. The van der Waals surface area contributed by atoms with Crippen molar-refractivity contribution in [2.45, 2.75) is 32.8 Å². The molecular formula is C13H19NO2S. The van der Waals surface area contributed by atoms with Crippen LogP contribution >= 0.6 is 12.6 Å². The average molecular weight is 253 g/mol. The van der Waals surface area contributed by atoms with Gasteiger partial charge in [0.1, 0.15) is 5.60 Å². The first kappa shape index (κ1) is 13.9. The molecule has 0 heterocycles. The second-order valence-electron chi connectivity index (χ2n) is 4.80. The van der Waals surface area contributed by atoms with Gasteiger partial charge >= 0.3 is 6.09 Å². The predicted octanol–water partition coefficient (Wildman–Crippen LogP) is 3.51. The Morgan fingerprint density at radius 3 is 2.71 bits per heavy atom. The van der Waals surface area contributed by atoms with Crippen LogP contribution in [0.1, 0.15) is 26.3 Å². The molecule has 0 spiro atoms. The summed E-state index contributed by atoms with van der Waals surface area (Å²) in [5, 5.41) is 2.71. The second-order valence-corrected chi connectivity index (χ2v) is 5.25. The largest absolute Gasteiger partial charge is 0.444 e. The van der Waals surface area contributed by atoms with Crippen LogP contribution in [-0.4, -0.2) is 17.4 Å². The number of hydrogen-bond donors (Lipinski definition) is 2. The minimum atomic E-state index is -0.479. The summed E-state index contributed by atoms with van der Waals surface area (Å²) in [6.07, 6.45) is 0.452. The Morgan fingerprint density at radius 1 is 1.41 bits per heavy atom. The van der Waals surface area contributed by atoms with Crippen molar-refractivity contribution in [1.29, 1.82) is 0 Å². The highest BCUT2D eigenvalue weighted by atomic mass is 32.1. The van der Waals surface area contributed by atoms with Gasteiger partial charge in [-0.2, -0.15) is 12.6 Å². The summed E-state index contributed by atoms with van der Waals surface area (Å²) in [6.45, 7) is 5.51. The van der Waals surface area contributed by atoms with Gasteiger partial charge in [0.15, 0.2) is 0 Å². The third-order valence-corrected chi connectivity index (χ3v) is 2.20. The molecule has 0 fully saturated rings. The summed E-state index contributed by atoms with van der Waals surface area (Å²) in [6, 6.07) is 7.69. The van der Waals surface area contributed by atoms with Crippen LogP contribution in [0, 0.1) is 0 Å². The van der Waals surface area contributed by atoms with E-state index in [1.54, 1.807) is 0 Å². The lowest BCUT2D eigenvalue weighted by Crippen LogP contribution is -2.27. The lowest BCUT2D eigenvalue weighted by Gasteiger charge is -2.19. The van der Waals surface area contributed by atoms with Crippen LogP contribution in [0.15, 0.2) is 24.3 Å². The van der Waals surface area contributed by atoms with Crippen molar-refractivity contribution in [3.8, 4) is 0 Å². The molecule has 0 saturated heterocycles. The highest BCUT2D eigenvalue weighted by Crippen LogP contribution is 2.14. The van der Waals surface area contributed by atoms with Gasteiger partial charge in [0.25, 0.3) is 0 Å². The van der Waals surface area contributed by atoms with Gasteiger partial charge in [0, 0.05) is 5.69 Å². The van der Waals surface area contributed by atoms with Crippen molar-refractivity contribution in [2.75, 3.05) is 11.1 Å². The summed E-state index contributed by atoms with van der Waals surface area (Å²) >= 11 is 4.18. The Morgan fingerprint density at radius 2 is 2.12 bits per heavy atom. The third kappa shape index (κ3) is 5.63. The van der Waals surface area contributed by atoms with E-state index >= 15 is 0 Å². The van der Waals surface area contributed by atoms with Gasteiger partial charge in [-0.05, 0) is 50.6 Å². The molecule has 0 aliphatic rings. The Bertz CT molecular complexity index is 385. The van der Waals surface area contributed by atoms with E-state index in [9.17, 15) is 4.79 Å². The molecule has 0 aliphatic carbocycles. The number of aryl methyl sites for hydroxylation is 1. The molecule has 0 bridgehead atoms. The SMILES string of the molecule is CC(C)(C)OC(=O)Nc1cccc(CCS)c1. The van der Waals surface area contributed by atoms with Gasteiger partial charge in [0.2, 0.25) is 0 Å². The number of thiol groups is 1. The van der Waals surface area contributed by atoms with E-state index < -0.39 is 11.7 Å². The van der Waals surface area contributed by atoms with Crippen molar-refractivity contribution in [1.82, 2.24) is 0 Å².